The standard InChI is InChI=1S/C13H15NO4S3/c1-9(2)14(8-10-4-3-7-19-10)21(17,18)12-6-5-11(20-12)13(15)16/h3-7,9H,8H2,1-2H3,(H,15,16). The van der Waals surface area contributed by atoms with E-state index in [2.05, 4.69) is 0 Å². The average Bonchev–Trinajstić information content (AvgIpc) is 3.06. The SMILES string of the molecule is CC(C)N(Cc1cccs1)S(=O)(=O)c1ccc(C(=O)O)s1. The fourth-order valence-corrected chi connectivity index (χ4v) is 5.46. The van der Waals surface area contributed by atoms with Gasteiger partial charge in [0.2, 0.25) is 0 Å². The Hall–Kier alpha value is -1.22. The van der Waals surface area contributed by atoms with Gasteiger partial charge in [-0.2, -0.15) is 4.31 Å². The van der Waals surface area contributed by atoms with Crippen LogP contribution in [0, 0.1) is 0 Å². The third-order valence-electron chi connectivity index (χ3n) is 2.82. The molecule has 0 spiro atoms. The molecule has 0 atom stereocenters. The van der Waals surface area contributed by atoms with Gasteiger partial charge in [0.15, 0.2) is 0 Å². The van der Waals surface area contributed by atoms with Crippen LogP contribution in [0.5, 0.6) is 0 Å². The lowest BCUT2D eigenvalue weighted by Gasteiger charge is -2.24. The summed E-state index contributed by atoms with van der Waals surface area (Å²) in [4.78, 5) is 11.9. The maximum absolute atomic E-state index is 12.7. The number of carbonyl (C=O) groups is 1. The van der Waals surface area contributed by atoms with Crippen molar-refractivity contribution in [1.82, 2.24) is 4.31 Å². The van der Waals surface area contributed by atoms with Crippen LogP contribution in [0.2, 0.25) is 0 Å². The van der Waals surface area contributed by atoms with Crippen LogP contribution in [-0.4, -0.2) is 29.8 Å². The highest BCUT2D eigenvalue weighted by molar-refractivity contribution is 7.91. The van der Waals surface area contributed by atoms with E-state index in [1.807, 2.05) is 17.5 Å². The highest BCUT2D eigenvalue weighted by Gasteiger charge is 2.29. The van der Waals surface area contributed by atoms with E-state index in [0.29, 0.717) is 0 Å². The Kier molecular flexibility index (Phi) is 4.82. The van der Waals surface area contributed by atoms with Gasteiger partial charge in [-0.25, -0.2) is 13.2 Å². The molecule has 0 saturated heterocycles. The van der Waals surface area contributed by atoms with Crippen LogP contribution in [0.1, 0.15) is 28.4 Å². The lowest BCUT2D eigenvalue weighted by Crippen LogP contribution is -2.35. The molecule has 0 radical (unpaired) electrons. The van der Waals surface area contributed by atoms with Gasteiger partial charge < -0.3 is 5.11 Å². The van der Waals surface area contributed by atoms with Crippen LogP contribution in [0.25, 0.3) is 0 Å². The zero-order valence-corrected chi connectivity index (χ0v) is 14.0. The number of nitrogens with zero attached hydrogens (tertiary/aromatic N) is 1. The zero-order valence-electron chi connectivity index (χ0n) is 11.5. The topological polar surface area (TPSA) is 74.7 Å². The fourth-order valence-electron chi connectivity index (χ4n) is 1.79. The molecule has 2 heterocycles. The summed E-state index contributed by atoms with van der Waals surface area (Å²) in [5.41, 5.74) is 0. The molecular weight excluding hydrogens is 330 g/mol. The van der Waals surface area contributed by atoms with Gasteiger partial charge >= 0.3 is 5.97 Å². The van der Waals surface area contributed by atoms with Gasteiger partial charge in [0.25, 0.3) is 10.0 Å². The molecule has 2 aromatic rings. The molecule has 21 heavy (non-hydrogen) atoms. The number of rotatable bonds is 6. The summed E-state index contributed by atoms with van der Waals surface area (Å²) in [6, 6.07) is 6.22. The highest BCUT2D eigenvalue weighted by atomic mass is 32.2. The van der Waals surface area contributed by atoms with Crippen molar-refractivity contribution in [2.45, 2.75) is 30.6 Å². The van der Waals surface area contributed by atoms with Crippen LogP contribution >= 0.6 is 22.7 Å². The second-order valence-corrected chi connectivity index (χ2v) is 8.88. The molecule has 2 aromatic heterocycles. The van der Waals surface area contributed by atoms with Gasteiger partial charge in [-0.05, 0) is 37.4 Å². The maximum Gasteiger partial charge on any atom is 0.345 e. The van der Waals surface area contributed by atoms with Crippen LogP contribution < -0.4 is 0 Å². The predicted molar refractivity (Wildman–Crippen MR) is 83.5 cm³/mol. The van der Waals surface area contributed by atoms with Gasteiger partial charge in [0, 0.05) is 17.5 Å². The molecule has 0 fully saturated rings. The summed E-state index contributed by atoms with van der Waals surface area (Å²) >= 11 is 2.27. The van der Waals surface area contributed by atoms with Gasteiger partial charge in [-0.3, -0.25) is 0 Å². The number of hydrogen-bond donors (Lipinski definition) is 1. The summed E-state index contributed by atoms with van der Waals surface area (Å²) in [5, 5.41) is 10.8. The lowest BCUT2D eigenvalue weighted by molar-refractivity contribution is 0.0702. The fraction of sp³-hybridized carbons (Fsp3) is 0.308. The quantitative estimate of drug-likeness (QED) is 0.873. The normalized spacial score (nSPS) is 12.2. The van der Waals surface area contributed by atoms with Crippen LogP contribution in [0.3, 0.4) is 0 Å². The molecule has 0 bridgehead atoms. The Morgan fingerprint density at radius 3 is 2.52 bits per heavy atom. The van der Waals surface area contributed by atoms with Gasteiger partial charge in [0.05, 0.1) is 0 Å². The molecule has 0 aliphatic heterocycles. The van der Waals surface area contributed by atoms with Crippen molar-refractivity contribution in [3.05, 3.63) is 39.4 Å². The summed E-state index contributed by atoms with van der Waals surface area (Å²) in [6.45, 7) is 3.89. The van der Waals surface area contributed by atoms with Crippen LogP contribution in [0.4, 0.5) is 0 Å². The molecule has 114 valence electrons. The first-order valence-electron chi connectivity index (χ1n) is 6.19. The second kappa shape index (κ2) is 6.27. The van der Waals surface area contributed by atoms with Crippen molar-refractivity contribution >= 4 is 38.7 Å². The number of sulfonamides is 1. The van der Waals surface area contributed by atoms with E-state index in [-0.39, 0.29) is 21.7 Å². The summed E-state index contributed by atoms with van der Waals surface area (Å²) in [5.74, 6) is -1.11. The monoisotopic (exact) mass is 345 g/mol. The van der Waals surface area contributed by atoms with E-state index in [1.54, 1.807) is 13.8 Å². The Bertz CT molecular complexity index is 716. The summed E-state index contributed by atoms with van der Waals surface area (Å²) in [7, 11) is -3.69. The molecule has 8 heteroatoms. The Morgan fingerprint density at radius 1 is 1.33 bits per heavy atom. The van der Waals surface area contributed by atoms with Gasteiger partial charge in [-0.15, -0.1) is 22.7 Å². The van der Waals surface area contributed by atoms with E-state index in [0.717, 1.165) is 16.2 Å². The third-order valence-corrected chi connectivity index (χ3v) is 7.25. The van der Waals surface area contributed by atoms with Crippen LogP contribution in [0.15, 0.2) is 33.9 Å². The molecule has 1 N–H and O–H groups in total. The number of hydrogen-bond acceptors (Lipinski definition) is 5. The number of carboxylic acids is 1. The molecular formula is C13H15NO4S3. The first-order valence-corrected chi connectivity index (χ1v) is 9.33. The van der Waals surface area contributed by atoms with Gasteiger partial charge in [0.1, 0.15) is 9.09 Å². The van der Waals surface area contributed by atoms with Crippen molar-refractivity contribution in [1.29, 1.82) is 0 Å². The van der Waals surface area contributed by atoms with E-state index in [1.165, 1.54) is 27.8 Å². The highest BCUT2D eigenvalue weighted by Crippen LogP contribution is 2.28. The lowest BCUT2D eigenvalue weighted by atomic mass is 10.4. The van der Waals surface area contributed by atoms with Crippen molar-refractivity contribution < 1.29 is 18.3 Å². The molecule has 0 amide bonds. The van der Waals surface area contributed by atoms with Crippen molar-refractivity contribution in [2.75, 3.05) is 0 Å². The minimum atomic E-state index is -3.69. The van der Waals surface area contributed by atoms with Crippen LogP contribution in [-0.2, 0) is 16.6 Å². The average molecular weight is 345 g/mol. The molecule has 0 aromatic carbocycles. The molecule has 5 nitrogen and oxygen atoms in total. The molecule has 0 aliphatic rings. The van der Waals surface area contributed by atoms with Gasteiger partial charge in [-0.1, -0.05) is 6.07 Å². The minimum Gasteiger partial charge on any atom is -0.477 e. The van der Waals surface area contributed by atoms with Crippen molar-refractivity contribution in [3.8, 4) is 0 Å². The van der Waals surface area contributed by atoms with Crippen molar-refractivity contribution in [3.63, 3.8) is 0 Å². The predicted octanol–water partition coefficient (Wildman–Crippen LogP) is 3.11. The minimum absolute atomic E-state index is 0.0217. The Balaban J connectivity index is 2.35. The summed E-state index contributed by atoms with van der Waals surface area (Å²) in [6.07, 6.45) is 0. The molecule has 0 saturated carbocycles. The summed E-state index contributed by atoms with van der Waals surface area (Å²) < 4.78 is 26.8. The molecule has 2 rings (SSSR count). The maximum atomic E-state index is 12.7. The van der Waals surface area contributed by atoms with E-state index >= 15 is 0 Å². The number of aromatic carboxylic acids is 1. The first kappa shape index (κ1) is 16.2. The smallest absolute Gasteiger partial charge is 0.345 e. The third kappa shape index (κ3) is 3.52. The molecule has 0 aliphatic carbocycles. The Labute approximate surface area is 131 Å². The van der Waals surface area contributed by atoms with E-state index in [9.17, 15) is 13.2 Å². The van der Waals surface area contributed by atoms with E-state index < -0.39 is 16.0 Å². The number of carboxylic acid groups (broad SMARTS) is 1. The van der Waals surface area contributed by atoms with Crippen molar-refractivity contribution in [2.24, 2.45) is 0 Å². The molecule has 0 unspecified atom stereocenters. The first-order chi connectivity index (χ1) is 9.82. The largest absolute Gasteiger partial charge is 0.477 e. The second-order valence-electron chi connectivity index (χ2n) is 4.65. The van der Waals surface area contributed by atoms with E-state index in [4.69, 9.17) is 5.11 Å². The Morgan fingerprint density at radius 2 is 2.05 bits per heavy atom. The zero-order chi connectivity index (χ0) is 15.6. The number of thiophene rings is 2.